The van der Waals surface area contributed by atoms with Gasteiger partial charge in [0.1, 0.15) is 36.3 Å². The Labute approximate surface area is 318 Å². The Kier molecular flexibility index (Phi) is 17.1. The smallest absolute Gasteiger partial charge is 0.274 e. The molecule has 6 N–H and O–H groups in total. The van der Waals surface area contributed by atoms with Crippen LogP contribution >= 0.6 is 35.2 Å². The van der Waals surface area contributed by atoms with E-state index in [0.29, 0.717) is 18.6 Å². The molecule has 7 unspecified atom stereocenters. The van der Waals surface area contributed by atoms with Gasteiger partial charge in [0.15, 0.2) is 22.8 Å². The molecular weight excluding hydrogens is 819 g/mol. The van der Waals surface area contributed by atoms with E-state index in [1.54, 1.807) is 6.08 Å². The van der Waals surface area contributed by atoms with E-state index in [-0.39, 0.29) is 41.6 Å². The van der Waals surface area contributed by atoms with Crippen molar-refractivity contribution in [2.24, 2.45) is 5.41 Å². The summed E-state index contributed by atoms with van der Waals surface area (Å²) in [5.74, 6) is -1.20. The molecule has 24 nitrogen and oxygen atoms in total. The number of aliphatic hydroxyl groups is 2. The summed E-state index contributed by atoms with van der Waals surface area (Å²) >= 11 is 1.07. The number of phosphoric ester groups is 3. The molecule has 2 aromatic rings. The Morgan fingerprint density at radius 1 is 1.11 bits per heavy atom. The lowest BCUT2D eigenvalue weighted by molar-refractivity contribution is -0.347. The number of phosphoric acid groups is 3. The number of hydrogen-bond donors (Lipinski definition) is 5. The summed E-state index contributed by atoms with van der Waals surface area (Å²) in [6, 6.07) is 0. The van der Waals surface area contributed by atoms with Crippen molar-refractivity contribution in [3.05, 3.63) is 25.3 Å². The number of hydrogen-bond acceptors (Lipinski definition) is 22. The zero-order valence-corrected chi connectivity index (χ0v) is 32.8. The number of nitrogens with zero attached hydrogens (tertiary/aromatic N) is 4. The van der Waals surface area contributed by atoms with Crippen LogP contribution in [-0.4, -0.2) is 103 Å². The molecule has 0 aromatic carbocycles. The van der Waals surface area contributed by atoms with E-state index in [1.807, 2.05) is 0 Å². The summed E-state index contributed by atoms with van der Waals surface area (Å²) < 4.78 is 60.4. The highest BCUT2D eigenvalue weighted by Crippen LogP contribution is 2.56. The number of carbonyl (C=O) groups excluding carboxylic acids is 3. The third-order valence-corrected chi connectivity index (χ3v) is 11.5. The fourth-order valence-corrected chi connectivity index (χ4v) is 8.19. The van der Waals surface area contributed by atoms with Gasteiger partial charge in [0, 0.05) is 37.1 Å². The molecule has 1 saturated heterocycles. The number of rotatable bonds is 23. The molecule has 28 heteroatoms. The average Bonchev–Trinajstić information content (AvgIpc) is 3.64. The zero-order chi connectivity index (χ0) is 41.2. The zero-order valence-electron chi connectivity index (χ0n) is 29.3. The van der Waals surface area contributed by atoms with E-state index in [4.69, 9.17) is 10.5 Å². The maximum atomic E-state index is 12.5. The molecule has 2 amide bonds. The van der Waals surface area contributed by atoms with Crippen molar-refractivity contribution in [3.8, 4) is 0 Å². The Balaban J connectivity index is 1.49. The predicted octanol–water partition coefficient (Wildman–Crippen LogP) is -2.51. The topological polar surface area (TPSA) is 375 Å². The Hall–Kier alpha value is -2.70. The van der Waals surface area contributed by atoms with Gasteiger partial charge in [-0.3, -0.25) is 28.1 Å². The van der Waals surface area contributed by atoms with Crippen LogP contribution in [0.5, 0.6) is 0 Å². The number of unbranched alkanes of at least 4 members (excludes halogenated alkanes) is 1. The van der Waals surface area contributed by atoms with Gasteiger partial charge in [-0.1, -0.05) is 31.7 Å². The second kappa shape index (κ2) is 20.1. The Morgan fingerprint density at radius 2 is 1.80 bits per heavy atom. The SMILES string of the molecule is C=CCCCC(=O)SCCNC(=O)CCNC(=O)C(O)C(C)(C)COP(=O)([O-])OP(=O)([O-])OCC1OC(n2cnc3c(N)ncnc32)C(O)C1OP(=O)([O-])[O-]. The standard InChI is InChI=1S/C27H44N7O17P3S/c1-4-5-6-7-18(36)55-11-10-29-17(35)8-9-30-25(39)22(38)27(2,3)13-48-54(45,46)51-53(43,44)47-12-16-21(50-52(40,41)42)20(37)26(49-16)34-15-33-19-23(28)31-14-32-24(19)34/h4,14-16,20-22,26,37-38H,1,5-13H2,2-3H3,(H,29,35)(H,30,39)(H,43,44)(H,45,46)(H2,28,31,32)(H2,40,41,42)/p-4. The van der Waals surface area contributed by atoms with Crippen molar-refractivity contribution in [3.63, 3.8) is 0 Å². The molecule has 55 heavy (non-hydrogen) atoms. The second-order valence-corrected chi connectivity index (χ2v) is 17.6. The molecule has 0 aliphatic carbocycles. The Bertz CT molecular complexity index is 1810. The van der Waals surface area contributed by atoms with Crippen LogP contribution in [0.4, 0.5) is 5.82 Å². The largest absolute Gasteiger partial charge is 0.790 e. The first-order valence-electron chi connectivity index (χ1n) is 16.1. The summed E-state index contributed by atoms with van der Waals surface area (Å²) in [5.41, 5.74) is 4.07. The molecule has 310 valence electrons. The van der Waals surface area contributed by atoms with Gasteiger partial charge in [-0.25, -0.2) is 19.3 Å². The first kappa shape index (κ1) is 46.7. The van der Waals surface area contributed by atoms with Crippen molar-refractivity contribution in [2.45, 2.75) is 70.2 Å². The van der Waals surface area contributed by atoms with Crippen LogP contribution in [0.2, 0.25) is 0 Å². The van der Waals surface area contributed by atoms with Gasteiger partial charge in [-0.05, 0) is 12.8 Å². The number of imidazole rings is 1. The highest BCUT2D eigenvalue weighted by Gasteiger charge is 2.47. The van der Waals surface area contributed by atoms with Crippen LogP contribution in [0.3, 0.4) is 0 Å². The van der Waals surface area contributed by atoms with E-state index in [2.05, 4.69) is 50.0 Å². The molecule has 1 aliphatic rings. The number of aromatic nitrogens is 4. The molecule has 0 saturated carbocycles. The van der Waals surface area contributed by atoms with Crippen LogP contribution in [0.1, 0.15) is 45.8 Å². The molecule has 1 aliphatic heterocycles. The number of allylic oxidation sites excluding steroid dienone is 1. The number of anilines is 1. The lowest BCUT2D eigenvalue weighted by atomic mass is 9.87. The van der Waals surface area contributed by atoms with Gasteiger partial charge in [0.05, 0.1) is 27.4 Å². The average molecular weight is 860 g/mol. The van der Waals surface area contributed by atoms with Gasteiger partial charge in [0.2, 0.25) is 11.8 Å². The minimum absolute atomic E-state index is 0.0169. The molecular formula is C27H40N7O17P3S-4. The lowest BCUT2D eigenvalue weighted by Gasteiger charge is -2.36. The first-order valence-corrected chi connectivity index (χ1v) is 21.5. The van der Waals surface area contributed by atoms with Crippen LogP contribution in [0.15, 0.2) is 25.3 Å². The molecule has 1 fully saturated rings. The highest BCUT2D eigenvalue weighted by molar-refractivity contribution is 8.13. The highest BCUT2D eigenvalue weighted by atomic mass is 32.2. The molecule has 3 heterocycles. The van der Waals surface area contributed by atoms with E-state index in [9.17, 15) is 57.9 Å². The number of nitrogens with one attached hydrogen (secondary N) is 2. The molecule has 2 aromatic heterocycles. The van der Waals surface area contributed by atoms with E-state index in [1.165, 1.54) is 13.8 Å². The summed E-state index contributed by atoms with van der Waals surface area (Å²) in [6.07, 6.45) is -4.07. The van der Waals surface area contributed by atoms with Crippen LogP contribution in [-0.2, 0) is 50.7 Å². The van der Waals surface area contributed by atoms with Gasteiger partial charge in [-0.15, -0.1) is 6.58 Å². The summed E-state index contributed by atoms with van der Waals surface area (Å²) in [4.78, 5) is 95.6. The summed E-state index contributed by atoms with van der Waals surface area (Å²) in [7, 11) is -17.6. The summed E-state index contributed by atoms with van der Waals surface area (Å²) in [5, 5.41) is 26.1. The minimum atomic E-state index is -5.91. The maximum Gasteiger partial charge on any atom is 0.274 e. The monoisotopic (exact) mass is 859 g/mol. The quantitative estimate of drug-likeness (QED) is 0.0438. The first-order chi connectivity index (χ1) is 25.6. The maximum absolute atomic E-state index is 12.5. The molecule has 0 bridgehead atoms. The molecule has 3 rings (SSSR count). The lowest BCUT2D eigenvalue weighted by Crippen LogP contribution is -2.46. The van der Waals surface area contributed by atoms with E-state index < -0.39 is 84.6 Å². The van der Waals surface area contributed by atoms with Crippen molar-refractivity contribution in [2.75, 3.05) is 37.8 Å². The van der Waals surface area contributed by atoms with Crippen LogP contribution in [0.25, 0.3) is 11.2 Å². The number of fused-ring (bicyclic) bond motifs is 1. The van der Waals surface area contributed by atoms with Gasteiger partial charge in [-0.2, -0.15) is 0 Å². The number of ether oxygens (including phenoxy) is 1. The second-order valence-electron chi connectivity index (χ2n) is 12.4. The fourth-order valence-electron chi connectivity index (χ4n) is 4.74. The fraction of sp³-hybridized carbons (Fsp3) is 0.630. The van der Waals surface area contributed by atoms with Crippen LogP contribution < -0.4 is 35.9 Å². The number of nitrogen functional groups attached to an aromatic ring is 1. The molecule has 7 atom stereocenters. The molecule has 0 spiro atoms. The third-order valence-electron chi connectivity index (χ3n) is 7.53. The minimum Gasteiger partial charge on any atom is -0.790 e. The number of amides is 2. The number of aliphatic hydroxyl groups excluding tert-OH is 2. The van der Waals surface area contributed by atoms with Gasteiger partial charge in [0.25, 0.3) is 15.6 Å². The number of nitrogens with two attached hydrogens (primary N) is 1. The normalized spacial score (nSPS) is 21.7. The van der Waals surface area contributed by atoms with Crippen molar-refractivity contribution >= 4 is 69.1 Å². The van der Waals surface area contributed by atoms with Gasteiger partial charge >= 0.3 is 0 Å². The number of thioether (sulfide) groups is 1. The van der Waals surface area contributed by atoms with E-state index in [0.717, 1.165) is 35.4 Å². The van der Waals surface area contributed by atoms with Crippen molar-refractivity contribution < 1.29 is 80.5 Å². The van der Waals surface area contributed by atoms with Gasteiger partial charge < -0.3 is 69.0 Å². The molecule has 0 radical (unpaired) electrons. The third kappa shape index (κ3) is 14.6. The van der Waals surface area contributed by atoms with E-state index >= 15 is 0 Å². The predicted molar refractivity (Wildman–Crippen MR) is 182 cm³/mol. The Morgan fingerprint density at radius 3 is 2.47 bits per heavy atom. The summed E-state index contributed by atoms with van der Waals surface area (Å²) in [6.45, 7) is 3.69. The van der Waals surface area contributed by atoms with Crippen molar-refractivity contribution in [1.29, 1.82) is 0 Å². The number of carbonyl (C=O) groups is 3. The van der Waals surface area contributed by atoms with Crippen molar-refractivity contribution in [1.82, 2.24) is 30.2 Å². The van der Waals surface area contributed by atoms with Crippen LogP contribution in [0, 0.1) is 5.41 Å².